The summed E-state index contributed by atoms with van der Waals surface area (Å²) in [6, 6.07) is 7.81. The van der Waals surface area contributed by atoms with E-state index in [0.29, 0.717) is 16.9 Å². The van der Waals surface area contributed by atoms with Gasteiger partial charge in [-0.1, -0.05) is 30.3 Å². The molecular formula is C15H16N4O2S. The Kier molecular flexibility index (Phi) is 4.34. The van der Waals surface area contributed by atoms with Crippen LogP contribution < -0.4 is 10.1 Å². The lowest BCUT2D eigenvalue weighted by Crippen LogP contribution is -2.07. The van der Waals surface area contributed by atoms with E-state index in [4.69, 9.17) is 9.26 Å². The molecule has 3 aromatic rings. The van der Waals surface area contributed by atoms with Gasteiger partial charge < -0.3 is 14.6 Å². The Morgan fingerprint density at radius 2 is 2.05 bits per heavy atom. The van der Waals surface area contributed by atoms with E-state index in [1.807, 2.05) is 24.3 Å². The van der Waals surface area contributed by atoms with Crippen LogP contribution in [-0.2, 0) is 0 Å². The van der Waals surface area contributed by atoms with Gasteiger partial charge in [-0.2, -0.15) is 4.98 Å². The standard InChI is InChI=1S/C15H16N4O2S/c1-10(2)7-16-11-3-5-12(6-4-11)21-15-17-8-13(22-15)14-18-9-20-19-14/h3-6,8-10,16H,7H2,1-2H3. The molecule has 3 rings (SSSR count). The lowest BCUT2D eigenvalue weighted by atomic mass is 10.2. The summed E-state index contributed by atoms with van der Waals surface area (Å²) in [5.74, 6) is 1.86. The van der Waals surface area contributed by atoms with Crippen molar-refractivity contribution >= 4 is 17.0 Å². The van der Waals surface area contributed by atoms with Crippen LogP contribution in [0, 0.1) is 5.92 Å². The fourth-order valence-corrected chi connectivity index (χ4v) is 2.47. The van der Waals surface area contributed by atoms with Crippen LogP contribution in [-0.4, -0.2) is 21.7 Å². The third-order valence-electron chi connectivity index (χ3n) is 2.84. The molecule has 0 radical (unpaired) electrons. The summed E-state index contributed by atoms with van der Waals surface area (Å²) in [5.41, 5.74) is 1.08. The number of nitrogens with zero attached hydrogens (tertiary/aromatic N) is 3. The quantitative estimate of drug-likeness (QED) is 0.739. The Hall–Kier alpha value is -2.41. The summed E-state index contributed by atoms with van der Waals surface area (Å²) >= 11 is 1.37. The van der Waals surface area contributed by atoms with Crippen LogP contribution in [0.15, 0.2) is 41.4 Å². The minimum Gasteiger partial charge on any atom is -0.431 e. The Morgan fingerprint density at radius 1 is 1.23 bits per heavy atom. The molecule has 0 amide bonds. The monoisotopic (exact) mass is 316 g/mol. The van der Waals surface area contributed by atoms with Gasteiger partial charge in [0.1, 0.15) is 5.75 Å². The Balaban J connectivity index is 1.63. The average Bonchev–Trinajstić information content (AvgIpc) is 3.17. The van der Waals surface area contributed by atoms with Crippen LogP contribution in [0.2, 0.25) is 0 Å². The van der Waals surface area contributed by atoms with E-state index in [9.17, 15) is 0 Å². The maximum absolute atomic E-state index is 5.73. The van der Waals surface area contributed by atoms with Crippen LogP contribution in [0.5, 0.6) is 10.9 Å². The molecule has 2 heterocycles. The fourth-order valence-electron chi connectivity index (χ4n) is 1.75. The summed E-state index contributed by atoms with van der Waals surface area (Å²) in [6.07, 6.45) is 2.96. The van der Waals surface area contributed by atoms with Gasteiger partial charge in [0.2, 0.25) is 12.2 Å². The van der Waals surface area contributed by atoms with Gasteiger partial charge in [-0.05, 0) is 30.2 Å². The minimum atomic E-state index is 0.514. The number of hydrogen-bond acceptors (Lipinski definition) is 7. The first-order valence-corrected chi connectivity index (χ1v) is 7.77. The molecule has 0 spiro atoms. The molecule has 7 heteroatoms. The highest BCUT2D eigenvalue weighted by Gasteiger charge is 2.10. The van der Waals surface area contributed by atoms with Crippen molar-refractivity contribution in [2.75, 3.05) is 11.9 Å². The molecule has 2 aromatic heterocycles. The zero-order valence-corrected chi connectivity index (χ0v) is 13.1. The number of rotatable bonds is 6. The summed E-state index contributed by atoms with van der Waals surface area (Å²) in [5, 5.41) is 7.68. The molecule has 1 N–H and O–H groups in total. The molecule has 1 aromatic carbocycles. The second-order valence-electron chi connectivity index (χ2n) is 5.15. The highest BCUT2D eigenvalue weighted by atomic mass is 32.1. The molecule has 0 saturated heterocycles. The first kappa shape index (κ1) is 14.5. The molecule has 0 unspecified atom stereocenters. The molecule has 0 aliphatic carbocycles. The second kappa shape index (κ2) is 6.57. The smallest absolute Gasteiger partial charge is 0.279 e. The highest BCUT2D eigenvalue weighted by Crippen LogP contribution is 2.31. The van der Waals surface area contributed by atoms with Crippen molar-refractivity contribution in [3.63, 3.8) is 0 Å². The van der Waals surface area contributed by atoms with Crippen LogP contribution in [0.25, 0.3) is 10.7 Å². The molecular weight excluding hydrogens is 300 g/mol. The van der Waals surface area contributed by atoms with E-state index in [-0.39, 0.29) is 0 Å². The van der Waals surface area contributed by atoms with Gasteiger partial charge in [0.15, 0.2) is 0 Å². The molecule has 0 aliphatic rings. The van der Waals surface area contributed by atoms with Gasteiger partial charge in [0.25, 0.3) is 5.19 Å². The molecule has 0 saturated carbocycles. The predicted octanol–water partition coefficient (Wildman–Crippen LogP) is 4.05. The number of nitrogens with one attached hydrogen (secondary N) is 1. The number of aromatic nitrogens is 3. The second-order valence-corrected chi connectivity index (χ2v) is 6.14. The highest BCUT2D eigenvalue weighted by molar-refractivity contribution is 7.16. The number of anilines is 1. The maximum Gasteiger partial charge on any atom is 0.279 e. The van der Waals surface area contributed by atoms with E-state index >= 15 is 0 Å². The number of thiazole rings is 1. The van der Waals surface area contributed by atoms with Crippen LogP contribution in [0.4, 0.5) is 5.69 Å². The van der Waals surface area contributed by atoms with Crippen molar-refractivity contribution < 1.29 is 9.26 Å². The molecule has 0 atom stereocenters. The van der Waals surface area contributed by atoms with E-state index in [1.54, 1.807) is 6.20 Å². The Labute approximate surface area is 132 Å². The average molecular weight is 316 g/mol. The summed E-state index contributed by atoms with van der Waals surface area (Å²) in [7, 11) is 0. The number of hydrogen-bond donors (Lipinski definition) is 1. The topological polar surface area (TPSA) is 73.1 Å². The zero-order valence-electron chi connectivity index (χ0n) is 12.3. The summed E-state index contributed by atoms with van der Waals surface area (Å²) < 4.78 is 10.5. The predicted molar refractivity (Wildman–Crippen MR) is 85.2 cm³/mol. The van der Waals surface area contributed by atoms with Crippen molar-refractivity contribution in [3.05, 3.63) is 36.9 Å². The van der Waals surface area contributed by atoms with E-state index < -0.39 is 0 Å². The Bertz CT molecular complexity index is 707. The normalized spacial score (nSPS) is 10.9. The Morgan fingerprint density at radius 3 is 2.73 bits per heavy atom. The lowest BCUT2D eigenvalue weighted by Gasteiger charge is -2.09. The van der Waals surface area contributed by atoms with Crippen molar-refractivity contribution in [2.24, 2.45) is 5.92 Å². The van der Waals surface area contributed by atoms with E-state index in [2.05, 4.69) is 34.3 Å². The number of ether oxygens (including phenoxy) is 1. The van der Waals surface area contributed by atoms with Gasteiger partial charge in [-0.15, -0.1) is 0 Å². The SMILES string of the molecule is CC(C)CNc1ccc(Oc2ncc(-c3ncon3)s2)cc1. The summed E-state index contributed by atoms with van der Waals surface area (Å²) in [6.45, 7) is 5.29. The van der Waals surface area contributed by atoms with Crippen LogP contribution in [0.3, 0.4) is 0 Å². The molecule has 114 valence electrons. The summed E-state index contributed by atoms with van der Waals surface area (Å²) in [4.78, 5) is 8.99. The fraction of sp³-hybridized carbons (Fsp3) is 0.267. The third kappa shape index (κ3) is 3.62. The van der Waals surface area contributed by atoms with Crippen molar-refractivity contribution in [2.45, 2.75) is 13.8 Å². The van der Waals surface area contributed by atoms with Crippen LogP contribution >= 0.6 is 11.3 Å². The first-order chi connectivity index (χ1) is 10.7. The van der Waals surface area contributed by atoms with E-state index in [0.717, 1.165) is 22.9 Å². The zero-order chi connectivity index (χ0) is 15.4. The lowest BCUT2D eigenvalue weighted by molar-refractivity contribution is 0.419. The first-order valence-electron chi connectivity index (χ1n) is 6.95. The van der Waals surface area contributed by atoms with Gasteiger partial charge in [-0.3, -0.25) is 0 Å². The van der Waals surface area contributed by atoms with Gasteiger partial charge in [0.05, 0.1) is 11.1 Å². The minimum absolute atomic E-state index is 0.514. The molecule has 22 heavy (non-hydrogen) atoms. The van der Waals surface area contributed by atoms with Crippen LogP contribution in [0.1, 0.15) is 13.8 Å². The van der Waals surface area contributed by atoms with E-state index in [1.165, 1.54) is 17.7 Å². The van der Waals surface area contributed by atoms with Gasteiger partial charge in [0, 0.05) is 12.2 Å². The van der Waals surface area contributed by atoms with Crippen molar-refractivity contribution in [1.29, 1.82) is 0 Å². The molecule has 0 fully saturated rings. The maximum atomic E-state index is 5.73. The van der Waals surface area contributed by atoms with Crippen molar-refractivity contribution in [1.82, 2.24) is 15.1 Å². The van der Waals surface area contributed by atoms with Gasteiger partial charge >= 0.3 is 0 Å². The number of benzene rings is 1. The van der Waals surface area contributed by atoms with Gasteiger partial charge in [-0.25, -0.2) is 4.98 Å². The molecule has 6 nitrogen and oxygen atoms in total. The molecule has 0 bridgehead atoms. The molecule has 0 aliphatic heterocycles. The third-order valence-corrected chi connectivity index (χ3v) is 3.71. The largest absolute Gasteiger partial charge is 0.431 e. The van der Waals surface area contributed by atoms with Crippen molar-refractivity contribution in [3.8, 4) is 21.6 Å².